The standard InChI is InChI=1S/C21H16N4O6S/c1-13-18(21(26)24(23-13)14-6-9-16(10-7-14)32(22,29)30)12-15-8-11-20(31-15)17-4-2-3-5-19(17)25(27)28/h2-12H,1H3,(H2,22,29,30)/b18-12-. The Morgan fingerprint density at radius 2 is 1.78 bits per heavy atom. The van der Waals surface area contributed by atoms with Crippen LogP contribution in [-0.2, 0) is 14.8 Å². The molecular formula is C21H16N4O6S. The molecule has 1 aromatic heterocycles. The van der Waals surface area contributed by atoms with E-state index < -0.39 is 20.9 Å². The van der Waals surface area contributed by atoms with Gasteiger partial charge in [-0.3, -0.25) is 14.9 Å². The Labute approximate surface area is 182 Å². The van der Waals surface area contributed by atoms with Gasteiger partial charge >= 0.3 is 0 Å². The van der Waals surface area contributed by atoms with Gasteiger partial charge in [0, 0.05) is 6.07 Å². The number of primary sulfonamides is 1. The highest BCUT2D eigenvalue weighted by Gasteiger charge is 2.29. The molecule has 0 bridgehead atoms. The molecule has 0 saturated heterocycles. The molecule has 2 heterocycles. The minimum atomic E-state index is -3.85. The van der Waals surface area contributed by atoms with E-state index in [4.69, 9.17) is 9.56 Å². The maximum absolute atomic E-state index is 12.9. The van der Waals surface area contributed by atoms with Crippen LogP contribution in [0.3, 0.4) is 0 Å². The van der Waals surface area contributed by atoms with Crippen molar-refractivity contribution < 1.29 is 22.6 Å². The molecule has 2 N–H and O–H groups in total. The van der Waals surface area contributed by atoms with Crippen molar-refractivity contribution in [2.75, 3.05) is 5.01 Å². The zero-order chi connectivity index (χ0) is 23.0. The minimum Gasteiger partial charge on any atom is -0.456 e. The van der Waals surface area contributed by atoms with Gasteiger partial charge in [-0.15, -0.1) is 0 Å². The number of nitrogens with two attached hydrogens (primary N) is 1. The van der Waals surface area contributed by atoms with Gasteiger partial charge in [0.1, 0.15) is 11.5 Å². The number of benzene rings is 2. The Balaban J connectivity index is 1.62. The summed E-state index contributed by atoms with van der Waals surface area (Å²) in [5.74, 6) is 0.177. The number of amides is 1. The first-order valence-electron chi connectivity index (χ1n) is 9.23. The summed E-state index contributed by atoms with van der Waals surface area (Å²) in [6.45, 7) is 1.65. The van der Waals surface area contributed by atoms with Crippen LogP contribution in [0.15, 0.2) is 80.7 Å². The lowest BCUT2D eigenvalue weighted by Gasteiger charge is -2.11. The number of hydrazone groups is 1. The van der Waals surface area contributed by atoms with E-state index in [-0.39, 0.29) is 16.2 Å². The molecule has 0 unspecified atom stereocenters. The van der Waals surface area contributed by atoms with Crippen molar-refractivity contribution in [2.24, 2.45) is 10.2 Å². The third-order valence-electron chi connectivity index (χ3n) is 4.75. The second-order valence-corrected chi connectivity index (χ2v) is 8.44. The number of nitro groups is 1. The minimum absolute atomic E-state index is 0.0810. The predicted molar refractivity (Wildman–Crippen MR) is 117 cm³/mol. The molecule has 0 saturated carbocycles. The fraction of sp³-hybridized carbons (Fsp3) is 0.0476. The van der Waals surface area contributed by atoms with E-state index >= 15 is 0 Å². The number of rotatable bonds is 5. The monoisotopic (exact) mass is 452 g/mol. The number of hydrogen-bond donors (Lipinski definition) is 1. The Hall–Kier alpha value is -4.09. The highest BCUT2D eigenvalue weighted by molar-refractivity contribution is 7.89. The molecule has 0 fully saturated rings. The Morgan fingerprint density at radius 1 is 1.09 bits per heavy atom. The van der Waals surface area contributed by atoms with Crippen LogP contribution in [0.25, 0.3) is 17.4 Å². The van der Waals surface area contributed by atoms with Gasteiger partial charge in [-0.25, -0.2) is 13.6 Å². The summed E-state index contributed by atoms with van der Waals surface area (Å²) < 4.78 is 28.6. The van der Waals surface area contributed by atoms with Crippen LogP contribution in [-0.4, -0.2) is 25.0 Å². The van der Waals surface area contributed by atoms with Crippen molar-refractivity contribution in [3.05, 3.63) is 82.1 Å². The van der Waals surface area contributed by atoms with Gasteiger partial charge in [0.05, 0.1) is 32.4 Å². The molecule has 162 valence electrons. The number of furan rings is 1. The van der Waals surface area contributed by atoms with E-state index in [1.165, 1.54) is 36.4 Å². The zero-order valence-corrected chi connectivity index (χ0v) is 17.4. The Bertz CT molecular complexity index is 1400. The van der Waals surface area contributed by atoms with Gasteiger partial charge in [-0.2, -0.15) is 10.1 Å². The number of para-hydroxylation sites is 1. The fourth-order valence-electron chi connectivity index (χ4n) is 3.19. The lowest BCUT2D eigenvalue weighted by atomic mass is 10.1. The SMILES string of the molecule is CC1=NN(c2ccc(S(N)(=O)=O)cc2)C(=O)/C1=C\c1ccc(-c2ccccc2[N+](=O)[O-])o1. The molecular weight excluding hydrogens is 436 g/mol. The van der Waals surface area contributed by atoms with E-state index in [1.54, 1.807) is 37.3 Å². The van der Waals surface area contributed by atoms with Gasteiger partial charge in [-0.1, -0.05) is 12.1 Å². The van der Waals surface area contributed by atoms with Crippen LogP contribution < -0.4 is 10.1 Å². The molecule has 1 amide bonds. The summed E-state index contributed by atoms with van der Waals surface area (Å²) in [4.78, 5) is 23.6. The molecule has 4 rings (SSSR count). The van der Waals surface area contributed by atoms with Crippen molar-refractivity contribution in [3.63, 3.8) is 0 Å². The summed E-state index contributed by atoms with van der Waals surface area (Å²) in [6.07, 6.45) is 1.50. The smallest absolute Gasteiger partial charge is 0.280 e. The fourth-order valence-corrected chi connectivity index (χ4v) is 3.71. The van der Waals surface area contributed by atoms with Gasteiger partial charge < -0.3 is 4.42 Å². The zero-order valence-electron chi connectivity index (χ0n) is 16.6. The lowest BCUT2D eigenvalue weighted by molar-refractivity contribution is -0.384. The maximum Gasteiger partial charge on any atom is 0.280 e. The van der Waals surface area contributed by atoms with Gasteiger partial charge in [0.15, 0.2) is 0 Å². The first-order chi connectivity index (χ1) is 15.1. The highest BCUT2D eigenvalue weighted by Crippen LogP contribution is 2.32. The second kappa shape index (κ2) is 7.87. The van der Waals surface area contributed by atoms with E-state index in [9.17, 15) is 23.3 Å². The number of sulfonamides is 1. The number of nitrogens with zero attached hydrogens (tertiary/aromatic N) is 3. The van der Waals surface area contributed by atoms with Gasteiger partial charge in [0.2, 0.25) is 10.0 Å². The third-order valence-corrected chi connectivity index (χ3v) is 5.68. The van der Waals surface area contributed by atoms with Crippen LogP contribution >= 0.6 is 0 Å². The summed E-state index contributed by atoms with van der Waals surface area (Å²) in [5, 5.41) is 21.7. The largest absolute Gasteiger partial charge is 0.456 e. The van der Waals surface area contributed by atoms with E-state index in [0.29, 0.717) is 28.5 Å². The van der Waals surface area contributed by atoms with E-state index in [2.05, 4.69) is 5.10 Å². The van der Waals surface area contributed by atoms with Gasteiger partial charge in [0.25, 0.3) is 11.6 Å². The average Bonchev–Trinajstić information content (AvgIpc) is 3.33. The lowest BCUT2D eigenvalue weighted by Crippen LogP contribution is -2.21. The molecule has 1 aliphatic heterocycles. The maximum atomic E-state index is 12.9. The summed E-state index contributed by atoms with van der Waals surface area (Å²) in [7, 11) is -3.85. The van der Waals surface area contributed by atoms with Crippen molar-refractivity contribution in [1.82, 2.24) is 0 Å². The molecule has 2 aromatic carbocycles. The molecule has 3 aromatic rings. The molecule has 1 aliphatic rings. The van der Waals surface area contributed by atoms with E-state index in [0.717, 1.165) is 5.01 Å². The van der Waals surface area contributed by atoms with Gasteiger partial charge in [-0.05, 0) is 55.5 Å². The van der Waals surface area contributed by atoms with Crippen molar-refractivity contribution >= 4 is 39.1 Å². The number of carbonyl (C=O) groups excluding carboxylic acids is 1. The number of hydrogen-bond acceptors (Lipinski definition) is 7. The summed E-state index contributed by atoms with van der Waals surface area (Å²) in [5.41, 5.74) is 1.29. The number of carbonyl (C=O) groups is 1. The Kier molecular flexibility index (Phi) is 5.20. The van der Waals surface area contributed by atoms with Crippen LogP contribution in [0.4, 0.5) is 11.4 Å². The first kappa shape index (κ1) is 21.2. The highest BCUT2D eigenvalue weighted by atomic mass is 32.2. The van der Waals surface area contributed by atoms with Crippen LogP contribution in [0, 0.1) is 10.1 Å². The third kappa shape index (κ3) is 3.94. The molecule has 0 aliphatic carbocycles. The van der Waals surface area contributed by atoms with Crippen LogP contribution in [0.5, 0.6) is 0 Å². The molecule has 0 atom stereocenters. The molecule has 0 radical (unpaired) electrons. The van der Waals surface area contributed by atoms with Crippen molar-refractivity contribution in [2.45, 2.75) is 11.8 Å². The van der Waals surface area contributed by atoms with E-state index in [1.807, 2.05) is 0 Å². The summed E-state index contributed by atoms with van der Waals surface area (Å²) >= 11 is 0. The van der Waals surface area contributed by atoms with Crippen molar-refractivity contribution in [3.8, 4) is 11.3 Å². The summed E-state index contributed by atoms with van der Waals surface area (Å²) in [6, 6.07) is 14.8. The van der Waals surface area contributed by atoms with Crippen molar-refractivity contribution in [1.29, 1.82) is 0 Å². The quantitative estimate of drug-likeness (QED) is 0.356. The number of nitro benzene ring substituents is 1. The Morgan fingerprint density at radius 3 is 2.44 bits per heavy atom. The molecule has 10 nitrogen and oxygen atoms in total. The average molecular weight is 452 g/mol. The first-order valence-corrected chi connectivity index (χ1v) is 10.8. The normalized spacial score (nSPS) is 15.3. The second-order valence-electron chi connectivity index (χ2n) is 6.88. The topological polar surface area (TPSA) is 149 Å². The van der Waals surface area contributed by atoms with Crippen LogP contribution in [0.2, 0.25) is 0 Å². The molecule has 0 spiro atoms. The molecule has 32 heavy (non-hydrogen) atoms. The number of anilines is 1. The molecule has 11 heteroatoms. The van der Waals surface area contributed by atoms with Crippen LogP contribution in [0.1, 0.15) is 12.7 Å². The predicted octanol–water partition coefficient (Wildman–Crippen LogP) is 3.31.